The first-order chi connectivity index (χ1) is 12.0. The number of hydrogen-bond acceptors (Lipinski definition) is 4. The van der Waals surface area contributed by atoms with E-state index in [-0.39, 0.29) is 29.4 Å². The highest BCUT2D eigenvalue weighted by molar-refractivity contribution is 5.92. The fraction of sp³-hybridized carbons (Fsp3) is 0.278. The lowest BCUT2D eigenvalue weighted by atomic mass is 10.1. The lowest BCUT2D eigenvalue weighted by Gasteiger charge is -2.10. The molecule has 3 rings (SSSR count). The van der Waals surface area contributed by atoms with E-state index in [1.165, 1.54) is 10.7 Å². The molecule has 0 spiro atoms. The molecule has 0 aliphatic carbocycles. The smallest absolute Gasteiger partial charge is 0.273 e. The van der Waals surface area contributed by atoms with Crippen molar-refractivity contribution in [3.05, 3.63) is 65.6 Å². The number of amides is 1. The fourth-order valence-corrected chi connectivity index (χ4v) is 2.35. The highest BCUT2D eigenvalue weighted by Crippen LogP contribution is 2.18. The molecule has 7 heteroatoms. The summed E-state index contributed by atoms with van der Waals surface area (Å²) in [5.74, 6) is 0.120. The third-order valence-corrected chi connectivity index (χ3v) is 3.88. The number of nitrogens with one attached hydrogen (secondary N) is 1. The molecule has 2 aromatic heterocycles. The second-order valence-electron chi connectivity index (χ2n) is 6.13. The molecule has 1 amide bonds. The molecular formula is C18H19FN4O2. The first-order valence-corrected chi connectivity index (χ1v) is 8.02. The Hall–Kier alpha value is -2.96. The van der Waals surface area contributed by atoms with Crippen LogP contribution in [0.4, 0.5) is 4.39 Å². The number of carbonyl (C=O) groups excluding carboxylic acids is 1. The van der Waals surface area contributed by atoms with Crippen LogP contribution in [-0.4, -0.2) is 20.8 Å². The van der Waals surface area contributed by atoms with Gasteiger partial charge < -0.3 is 9.84 Å². The van der Waals surface area contributed by atoms with Gasteiger partial charge in [-0.1, -0.05) is 31.1 Å². The van der Waals surface area contributed by atoms with Crippen molar-refractivity contribution in [2.75, 3.05) is 0 Å². The molecule has 0 saturated carbocycles. The Balaban J connectivity index is 1.72. The second kappa shape index (κ2) is 6.88. The maximum atomic E-state index is 13.8. The van der Waals surface area contributed by atoms with Crippen LogP contribution in [0.3, 0.4) is 0 Å². The van der Waals surface area contributed by atoms with Crippen LogP contribution in [0.2, 0.25) is 0 Å². The fourth-order valence-electron chi connectivity index (χ4n) is 2.35. The molecule has 130 valence electrons. The Morgan fingerprint density at radius 2 is 2.04 bits per heavy atom. The summed E-state index contributed by atoms with van der Waals surface area (Å²) in [6.07, 6.45) is 3.28. The molecule has 0 saturated heterocycles. The average Bonchev–Trinajstić information content (AvgIpc) is 3.25. The molecule has 2 heterocycles. The second-order valence-corrected chi connectivity index (χ2v) is 6.13. The molecule has 1 atom stereocenters. The maximum absolute atomic E-state index is 13.8. The summed E-state index contributed by atoms with van der Waals surface area (Å²) in [4.78, 5) is 12.3. The van der Waals surface area contributed by atoms with Gasteiger partial charge in [0.15, 0.2) is 5.69 Å². The van der Waals surface area contributed by atoms with E-state index in [1.807, 2.05) is 20.8 Å². The van der Waals surface area contributed by atoms with E-state index in [0.717, 1.165) is 5.56 Å². The minimum Gasteiger partial charge on any atom is -0.360 e. The largest absolute Gasteiger partial charge is 0.360 e. The van der Waals surface area contributed by atoms with Crippen molar-refractivity contribution in [2.24, 2.45) is 0 Å². The van der Waals surface area contributed by atoms with Gasteiger partial charge in [0.05, 0.1) is 12.2 Å². The first-order valence-electron chi connectivity index (χ1n) is 8.02. The zero-order chi connectivity index (χ0) is 18.0. The van der Waals surface area contributed by atoms with Crippen LogP contribution in [0.5, 0.6) is 0 Å². The van der Waals surface area contributed by atoms with Gasteiger partial charge in [-0.25, -0.2) is 9.07 Å². The van der Waals surface area contributed by atoms with E-state index in [9.17, 15) is 9.18 Å². The summed E-state index contributed by atoms with van der Waals surface area (Å²) in [7, 11) is 0. The number of para-hydroxylation sites is 1. The molecule has 0 bridgehead atoms. The standard InChI is InChI=1S/C18H19FN4O2/c1-11(2)17-8-15(22-25-17)18(24)21-12(3)13-9-20-23(10-13)16-7-5-4-6-14(16)19/h4-12H,1-3H3,(H,21,24)/t12-/m1/s1. The van der Waals surface area contributed by atoms with Gasteiger partial charge in [0, 0.05) is 23.7 Å². The zero-order valence-electron chi connectivity index (χ0n) is 14.2. The summed E-state index contributed by atoms with van der Waals surface area (Å²) in [6, 6.07) is 7.69. The molecule has 1 aromatic carbocycles. The Morgan fingerprint density at radius 1 is 1.28 bits per heavy atom. The Labute approximate surface area is 144 Å². The minimum atomic E-state index is -0.363. The van der Waals surface area contributed by atoms with Gasteiger partial charge in [-0.05, 0) is 19.1 Å². The third kappa shape index (κ3) is 3.60. The van der Waals surface area contributed by atoms with Crippen molar-refractivity contribution in [1.29, 1.82) is 0 Å². The lowest BCUT2D eigenvalue weighted by molar-refractivity contribution is 0.0930. The van der Waals surface area contributed by atoms with Crippen molar-refractivity contribution in [3.63, 3.8) is 0 Å². The van der Waals surface area contributed by atoms with Gasteiger partial charge in [0.2, 0.25) is 0 Å². The normalized spacial score (nSPS) is 12.4. The Bertz CT molecular complexity index is 885. The van der Waals surface area contributed by atoms with E-state index in [1.54, 1.807) is 36.7 Å². The van der Waals surface area contributed by atoms with Gasteiger partial charge in [-0.2, -0.15) is 5.10 Å². The average molecular weight is 342 g/mol. The van der Waals surface area contributed by atoms with Crippen LogP contribution in [0.25, 0.3) is 5.69 Å². The van der Waals surface area contributed by atoms with Crippen molar-refractivity contribution < 1.29 is 13.7 Å². The molecule has 25 heavy (non-hydrogen) atoms. The van der Waals surface area contributed by atoms with Crippen molar-refractivity contribution in [1.82, 2.24) is 20.3 Å². The third-order valence-electron chi connectivity index (χ3n) is 3.88. The van der Waals surface area contributed by atoms with E-state index in [2.05, 4.69) is 15.6 Å². The molecule has 0 fully saturated rings. The first kappa shape index (κ1) is 16.9. The van der Waals surface area contributed by atoms with Gasteiger partial charge >= 0.3 is 0 Å². The number of carbonyl (C=O) groups is 1. The summed E-state index contributed by atoms with van der Waals surface area (Å²) < 4.78 is 20.4. The topological polar surface area (TPSA) is 73.0 Å². The van der Waals surface area contributed by atoms with Crippen LogP contribution in [0.1, 0.15) is 54.5 Å². The minimum absolute atomic E-state index is 0.158. The van der Waals surface area contributed by atoms with Gasteiger partial charge in [0.25, 0.3) is 5.91 Å². The number of aromatic nitrogens is 3. The van der Waals surface area contributed by atoms with E-state index in [0.29, 0.717) is 11.4 Å². The summed E-state index contributed by atoms with van der Waals surface area (Å²) in [5.41, 5.74) is 1.34. The summed E-state index contributed by atoms with van der Waals surface area (Å²) in [6.45, 7) is 5.74. The predicted molar refractivity (Wildman–Crippen MR) is 90.0 cm³/mol. The van der Waals surface area contributed by atoms with E-state index in [4.69, 9.17) is 4.52 Å². The zero-order valence-corrected chi connectivity index (χ0v) is 14.2. The molecule has 1 N–H and O–H groups in total. The molecule has 0 unspecified atom stereocenters. The monoisotopic (exact) mass is 342 g/mol. The maximum Gasteiger partial charge on any atom is 0.273 e. The summed E-state index contributed by atoms with van der Waals surface area (Å²) in [5, 5.41) is 10.8. The molecule has 6 nitrogen and oxygen atoms in total. The van der Waals surface area contributed by atoms with Crippen molar-refractivity contribution in [3.8, 4) is 5.69 Å². The van der Waals surface area contributed by atoms with E-state index < -0.39 is 0 Å². The quantitative estimate of drug-likeness (QED) is 0.769. The SMILES string of the molecule is CC(C)c1cc(C(=O)N[C@H](C)c2cnn(-c3ccccc3F)c2)no1. The number of halogens is 1. The Morgan fingerprint density at radius 3 is 2.72 bits per heavy atom. The highest BCUT2D eigenvalue weighted by atomic mass is 19.1. The lowest BCUT2D eigenvalue weighted by Crippen LogP contribution is -2.26. The highest BCUT2D eigenvalue weighted by Gasteiger charge is 2.18. The number of nitrogens with zero attached hydrogens (tertiary/aromatic N) is 3. The van der Waals surface area contributed by atoms with Crippen LogP contribution in [0, 0.1) is 5.82 Å². The number of rotatable bonds is 5. The van der Waals surface area contributed by atoms with Gasteiger partial charge in [0.1, 0.15) is 17.3 Å². The van der Waals surface area contributed by atoms with E-state index >= 15 is 0 Å². The molecule has 0 radical (unpaired) electrons. The number of benzene rings is 1. The van der Waals surface area contributed by atoms with Crippen LogP contribution >= 0.6 is 0 Å². The van der Waals surface area contributed by atoms with Crippen molar-refractivity contribution >= 4 is 5.91 Å². The molecule has 0 aliphatic rings. The van der Waals surface area contributed by atoms with Crippen LogP contribution in [-0.2, 0) is 0 Å². The van der Waals surface area contributed by atoms with Crippen molar-refractivity contribution in [2.45, 2.75) is 32.7 Å². The van der Waals surface area contributed by atoms with Gasteiger partial charge in [-0.3, -0.25) is 4.79 Å². The van der Waals surface area contributed by atoms with Gasteiger partial charge in [-0.15, -0.1) is 0 Å². The summed E-state index contributed by atoms with van der Waals surface area (Å²) >= 11 is 0. The molecule has 0 aliphatic heterocycles. The van der Waals surface area contributed by atoms with Crippen LogP contribution < -0.4 is 5.32 Å². The Kier molecular flexibility index (Phi) is 4.65. The molecule has 3 aromatic rings. The number of hydrogen-bond donors (Lipinski definition) is 1. The molecular weight excluding hydrogens is 323 g/mol. The van der Waals surface area contributed by atoms with Crippen LogP contribution in [0.15, 0.2) is 47.2 Å². The predicted octanol–water partition coefficient (Wildman–Crippen LogP) is 3.61.